The summed E-state index contributed by atoms with van der Waals surface area (Å²) in [5.74, 6) is 0.971. The summed E-state index contributed by atoms with van der Waals surface area (Å²) in [6.45, 7) is 2.36. The van der Waals surface area contributed by atoms with Crippen LogP contribution in [0.4, 0.5) is 0 Å². The molecule has 2 heterocycles. The first-order valence-electron chi connectivity index (χ1n) is 8.21. The van der Waals surface area contributed by atoms with Gasteiger partial charge in [0.1, 0.15) is 23.6 Å². The van der Waals surface area contributed by atoms with Crippen LogP contribution in [0.2, 0.25) is 0 Å². The molecular weight excluding hydrogens is 298 g/mol. The largest absolute Gasteiger partial charge is 0.478 e. The molecule has 118 valence electrons. The smallest absolute Gasteiger partial charge is 0.142 e. The van der Waals surface area contributed by atoms with Crippen LogP contribution in [0.1, 0.15) is 11.1 Å². The second-order valence-corrected chi connectivity index (χ2v) is 6.26. The molecular formula is C21H17NO2. The Balaban J connectivity index is 1.59. The molecule has 1 aromatic heterocycles. The third kappa shape index (κ3) is 2.17. The maximum atomic E-state index is 6.02. The van der Waals surface area contributed by atoms with E-state index in [0.717, 1.165) is 35.4 Å². The zero-order valence-corrected chi connectivity index (χ0v) is 13.2. The molecule has 1 aliphatic heterocycles. The number of benzene rings is 3. The summed E-state index contributed by atoms with van der Waals surface area (Å²) in [6.07, 6.45) is 0. The van der Waals surface area contributed by atoms with Gasteiger partial charge in [-0.15, -0.1) is 0 Å². The van der Waals surface area contributed by atoms with Crippen molar-refractivity contribution in [3.63, 3.8) is 0 Å². The van der Waals surface area contributed by atoms with Crippen LogP contribution in [0.25, 0.3) is 21.9 Å². The van der Waals surface area contributed by atoms with Gasteiger partial charge in [-0.1, -0.05) is 48.5 Å². The van der Waals surface area contributed by atoms with Gasteiger partial charge in [-0.25, -0.2) is 0 Å². The van der Waals surface area contributed by atoms with Gasteiger partial charge in [-0.2, -0.15) is 0 Å². The van der Waals surface area contributed by atoms with E-state index in [1.807, 2.05) is 30.3 Å². The first-order chi connectivity index (χ1) is 11.9. The van der Waals surface area contributed by atoms with Crippen molar-refractivity contribution in [2.45, 2.75) is 13.1 Å². The number of ether oxygens (including phenoxy) is 1. The van der Waals surface area contributed by atoms with Crippen LogP contribution in [-0.2, 0) is 13.1 Å². The number of furan rings is 1. The molecule has 0 fully saturated rings. The van der Waals surface area contributed by atoms with Crippen LogP contribution >= 0.6 is 0 Å². The zero-order chi connectivity index (χ0) is 15.9. The normalized spacial score (nSPS) is 14.7. The maximum absolute atomic E-state index is 6.02. The standard InChI is InChI=1S/C21H17NO2/c1-2-6-15(7-3-1)12-22-13-17-18(23-14-22)10-11-20-21(17)16-8-4-5-9-19(16)24-20/h1-11H,12-14H2. The fourth-order valence-electron chi connectivity index (χ4n) is 3.53. The van der Waals surface area contributed by atoms with Crippen molar-refractivity contribution in [2.24, 2.45) is 0 Å². The van der Waals surface area contributed by atoms with E-state index in [0.29, 0.717) is 6.73 Å². The molecule has 0 aliphatic carbocycles. The van der Waals surface area contributed by atoms with E-state index < -0.39 is 0 Å². The summed E-state index contributed by atoms with van der Waals surface area (Å²) in [4.78, 5) is 2.32. The molecule has 24 heavy (non-hydrogen) atoms. The minimum atomic E-state index is 0.614. The minimum Gasteiger partial charge on any atom is -0.478 e. The third-order valence-corrected chi connectivity index (χ3v) is 4.64. The van der Waals surface area contributed by atoms with Gasteiger partial charge in [-0.3, -0.25) is 4.90 Å². The zero-order valence-electron chi connectivity index (χ0n) is 13.2. The number of hydrogen-bond acceptors (Lipinski definition) is 3. The Kier molecular flexibility index (Phi) is 3.06. The van der Waals surface area contributed by atoms with Gasteiger partial charge in [0.2, 0.25) is 0 Å². The highest BCUT2D eigenvalue weighted by Crippen LogP contribution is 2.38. The van der Waals surface area contributed by atoms with Crippen molar-refractivity contribution >= 4 is 21.9 Å². The van der Waals surface area contributed by atoms with Crippen LogP contribution in [0.15, 0.2) is 71.1 Å². The average molecular weight is 315 g/mol. The second kappa shape index (κ2) is 5.39. The Labute approximate surface area is 140 Å². The van der Waals surface area contributed by atoms with Gasteiger partial charge >= 0.3 is 0 Å². The van der Waals surface area contributed by atoms with Gasteiger partial charge in [0, 0.05) is 29.4 Å². The van der Waals surface area contributed by atoms with Crippen LogP contribution in [0.5, 0.6) is 5.75 Å². The summed E-state index contributed by atoms with van der Waals surface area (Å²) in [6, 6.07) is 22.8. The second-order valence-electron chi connectivity index (χ2n) is 6.26. The Morgan fingerprint density at radius 3 is 2.58 bits per heavy atom. The first kappa shape index (κ1) is 13.6. The highest BCUT2D eigenvalue weighted by atomic mass is 16.5. The first-order valence-corrected chi connectivity index (χ1v) is 8.21. The van der Waals surface area contributed by atoms with Gasteiger partial charge < -0.3 is 9.15 Å². The van der Waals surface area contributed by atoms with Gasteiger partial charge in [0.05, 0.1) is 0 Å². The monoisotopic (exact) mass is 315 g/mol. The summed E-state index contributed by atoms with van der Waals surface area (Å²) in [5.41, 5.74) is 4.38. The number of nitrogens with zero attached hydrogens (tertiary/aromatic N) is 1. The third-order valence-electron chi connectivity index (χ3n) is 4.64. The van der Waals surface area contributed by atoms with Gasteiger partial charge in [-0.05, 0) is 23.8 Å². The molecule has 4 aromatic rings. The lowest BCUT2D eigenvalue weighted by Crippen LogP contribution is -2.31. The van der Waals surface area contributed by atoms with Crippen LogP contribution in [-0.4, -0.2) is 11.6 Å². The number of hydrogen-bond donors (Lipinski definition) is 0. The number of fused-ring (bicyclic) bond motifs is 5. The summed E-state index contributed by atoms with van der Waals surface area (Å²) in [7, 11) is 0. The molecule has 3 nitrogen and oxygen atoms in total. The molecule has 0 saturated carbocycles. The van der Waals surface area contributed by atoms with Crippen molar-refractivity contribution in [3.8, 4) is 5.75 Å². The summed E-state index contributed by atoms with van der Waals surface area (Å²) in [5, 5.41) is 2.34. The summed E-state index contributed by atoms with van der Waals surface area (Å²) < 4.78 is 12.0. The number of rotatable bonds is 2. The van der Waals surface area contributed by atoms with Crippen molar-refractivity contribution in [3.05, 3.63) is 77.9 Å². The van der Waals surface area contributed by atoms with Gasteiger partial charge in [0.15, 0.2) is 0 Å². The van der Waals surface area contributed by atoms with Crippen LogP contribution in [0, 0.1) is 0 Å². The summed E-state index contributed by atoms with van der Waals surface area (Å²) >= 11 is 0. The minimum absolute atomic E-state index is 0.614. The predicted octanol–water partition coefficient (Wildman–Crippen LogP) is 4.94. The quantitative estimate of drug-likeness (QED) is 0.524. The van der Waals surface area contributed by atoms with E-state index in [-0.39, 0.29) is 0 Å². The van der Waals surface area contributed by atoms with Crippen molar-refractivity contribution in [2.75, 3.05) is 6.73 Å². The maximum Gasteiger partial charge on any atom is 0.142 e. The van der Waals surface area contributed by atoms with E-state index in [1.54, 1.807) is 0 Å². The van der Waals surface area contributed by atoms with E-state index >= 15 is 0 Å². The molecule has 0 N–H and O–H groups in total. The van der Waals surface area contributed by atoms with Crippen LogP contribution in [0.3, 0.4) is 0 Å². The molecule has 0 amide bonds. The fraction of sp³-hybridized carbons (Fsp3) is 0.143. The molecule has 0 bridgehead atoms. The fourth-order valence-corrected chi connectivity index (χ4v) is 3.53. The average Bonchev–Trinajstić information content (AvgIpc) is 3.01. The van der Waals surface area contributed by atoms with Crippen LogP contribution < -0.4 is 4.74 Å². The van der Waals surface area contributed by atoms with E-state index in [2.05, 4.69) is 41.3 Å². The molecule has 5 rings (SSSR count). The molecule has 0 saturated heterocycles. The molecule has 3 heteroatoms. The molecule has 3 aromatic carbocycles. The molecule has 0 radical (unpaired) electrons. The SMILES string of the molecule is c1ccc(CN2COc3ccc4oc5ccccc5c4c3C2)cc1. The van der Waals surface area contributed by atoms with Gasteiger partial charge in [0.25, 0.3) is 0 Å². The lowest BCUT2D eigenvalue weighted by atomic mass is 10.0. The lowest BCUT2D eigenvalue weighted by molar-refractivity contribution is 0.0897. The molecule has 1 aliphatic rings. The van der Waals surface area contributed by atoms with E-state index in [9.17, 15) is 0 Å². The Bertz CT molecular complexity index is 1020. The Morgan fingerprint density at radius 1 is 0.833 bits per heavy atom. The Hall–Kier alpha value is -2.78. The predicted molar refractivity (Wildman–Crippen MR) is 94.9 cm³/mol. The van der Waals surface area contributed by atoms with Crippen molar-refractivity contribution in [1.82, 2.24) is 4.90 Å². The highest BCUT2D eigenvalue weighted by molar-refractivity contribution is 6.07. The number of para-hydroxylation sites is 1. The van der Waals surface area contributed by atoms with Crippen molar-refractivity contribution < 1.29 is 9.15 Å². The Morgan fingerprint density at radius 2 is 1.67 bits per heavy atom. The molecule has 0 spiro atoms. The van der Waals surface area contributed by atoms with E-state index in [1.165, 1.54) is 16.5 Å². The molecule has 0 atom stereocenters. The molecule has 0 unspecified atom stereocenters. The highest BCUT2D eigenvalue weighted by Gasteiger charge is 2.22. The topological polar surface area (TPSA) is 25.6 Å². The van der Waals surface area contributed by atoms with E-state index in [4.69, 9.17) is 9.15 Å². The lowest BCUT2D eigenvalue weighted by Gasteiger charge is -2.29. The van der Waals surface area contributed by atoms with Crippen molar-refractivity contribution in [1.29, 1.82) is 0 Å².